The number of nitrogens with one attached hydrogen (secondary N) is 1. The lowest BCUT2D eigenvalue weighted by molar-refractivity contribution is 0.0593. The van der Waals surface area contributed by atoms with Crippen molar-refractivity contribution in [3.05, 3.63) is 35.6 Å². The Morgan fingerprint density at radius 3 is 2.62 bits per heavy atom. The summed E-state index contributed by atoms with van der Waals surface area (Å²) in [6, 6.07) is 0.0649. The SMILES string of the molecule is Cn1ccnc1C(Nc1ncc(Cl)cn1)C1CCOCC1. The van der Waals surface area contributed by atoms with Gasteiger partial charge in [-0.15, -0.1) is 0 Å². The molecule has 0 amide bonds. The molecule has 1 atom stereocenters. The van der Waals surface area contributed by atoms with Gasteiger partial charge in [-0.05, 0) is 18.8 Å². The number of ether oxygens (including phenoxy) is 1. The van der Waals surface area contributed by atoms with Gasteiger partial charge in [0.2, 0.25) is 5.95 Å². The topological polar surface area (TPSA) is 64.9 Å². The first-order chi connectivity index (χ1) is 10.2. The van der Waals surface area contributed by atoms with Gasteiger partial charge in [0.25, 0.3) is 0 Å². The fourth-order valence-corrected chi connectivity index (χ4v) is 2.74. The van der Waals surface area contributed by atoms with Crippen LogP contribution in [0.2, 0.25) is 5.02 Å². The Morgan fingerprint density at radius 2 is 2.00 bits per heavy atom. The first-order valence-corrected chi connectivity index (χ1v) is 7.41. The summed E-state index contributed by atoms with van der Waals surface area (Å²) in [7, 11) is 2.00. The van der Waals surface area contributed by atoms with Gasteiger partial charge in [0.15, 0.2) is 0 Å². The largest absolute Gasteiger partial charge is 0.381 e. The second kappa shape index (κ2) is 6.41. The second-order valence-electron chi connectivity index (χ2n) is 5.19. The summed E-state index contributed by atoms with van der Waals surface area (Å²) in [6.45, 7) is 1.57. The molecule has 0 aliphatic carbocycles. The molecule has 1 N–H and O–H groups in total. The number of imidazole rings is 1. The standard InChI is InChI=1S/C14H18ClN5O/c1-20-5-4-16-13(20)12(10-2-6-21-7-3-10)19-14-17-8-11(15)9-18-14/h4-5,8-10,12H,2-3,6-7H2,1H3,(H,17,18,19). The second-order valence-corrected chi connectivity index (χ2v) is 5.63. The highest BCUT2D eigenvalue weighted by Gasteiger charge is 2.28. The third-order valence-corrected chi connectivity index (χ3v) is 3.97. The van der Waals surface area contributed by atoms with E-state index in [1.165, 1.54) is 0 Å². The molecule has 7 heteroatoms. The van der Waals surface area contributed by atoms with E-state index in [1.54, 1.807) is 12.4 Å². The highest BCUT2D eigenvalue weighted by molar-refractivity contribution is 6.30. The molecule has 2 aromatic heterocycles. The lowest BCUT2D eigenvalue weighted by atomic mass is 9.91. The number of halogens is 1. The van der Waals surface area contributed by atoms with Crippen LogP contribution in [0.15, 0.2) is 24.8 Å². The van der Waals surface area contributed by atoms with Crippen molar-refractivity contribution >= 4 is 17.5 Å². The maximum Gasteiger partial charge on any atom is 0.223 e. The molecular formula is C14H18ClN5O. The first-order valence-electron chi connectivity index (χ1n) is 7.03. The van der Waals surface area contributed by atoms with Gasteiger partial charge in [-0.2, -0.15) is 0 Å². The minimum atomic E-state index is 0.0649. The number of rotatable bonds is 4. The minimum Gasteiger partial charge on any atom is -0.381 e. The fraction of sp³-hybridized carbons (Fsp3) is 0.500. The number of anilines is 1. The van der Waals surface area contributed by atoms with Crippen LogP contribution in [0.3, 0.4) is 0 Å². The Labute approximate surface area is 128 Å². The molecular weight excluding hydrogens is 290 g/mol. The van der Waals surface area contributed by atoms with Crippen LogP contribution in [-0.2, 0) is 11.8 Å². The molecule has 0 bridgehead atoms. The normalized spacial score (nSPS) is 17.6. The van der Waals surface area contributed by atoms with Crippen LogP contribution < -0.4 is 5.32 Å². The van der Waals surface area contributed by atoms with Crippen LogP contribution >= 0.6 is 11.6 Å². The maximum atomic E-state index is 5.84. The number of hydrogen-bond donors (Lipinski definition) is 1. The number of aryl methyl sites for hydroxylation is 1. The summed E-state index contributed by atoms with van der Waals surface area (Å²) in [4.78, 5) is 12.9. The smallest absolute Gasteiger partial charge is 0.223 e. The van der Waals surface area contributed by atoms with Crippen LogP contribution in [-0.4, -0.2) is 32.7 Å². The van der Waals surface area contributed by atoms with Crippen molar-refractivity contribution in [3.63, 3.8) is 0 Å². The van der Waals surface area contributed by atoms with Crippen molar-refractivity contribution in [2.24, 2.45) is 13.0 Å². The summed E-state index contributed by atoms with van der Waals surface area (Å²) < 4.78 is 7.49. The zero-order valence-electron chi connectivity index (χ0n) is 11.9. The molecule has 0 radical (unpaired) electrons. The average molecular weight is 308 g/mol. The molecule has 1 aliphatic rings. The van der Waals surface area contributed by atoms with E-state index in [1.807, 2.05) is 24.0 Å². The van der Waals surface area contributed by atoms with Crippen LogP contribution in [0, 0.1) is 5.92 Å². The van der Waals surface area contributed by atoms with Gasteiger partial charge in [-0.1, -0.05) is 11.6 Å². The van der Waals surface area contributed by atoms with Gasteiger partial charge in [0.1, 0.15) is 5.82 Å². The van der Waals surface area contributed by atoms with E-state index in [9.17, 15) is 0 Å². The summed E-state index contributed by atoms with van der Waals surface area (Å²) in [5.41, 5.74) is 0. The Hall–Kier alpha value is -1.66. The molecule has 1 fully saturated rings. The predicted octanol–water partition coefficient (Wildman–Crippen LogP) is 2.44. The van der Waals surface area contributed by atoms with Crippen molar-refractivity contribution in [1.29, 1.82) is 0 Å². The van der Waals surface area contributed by atoms with Crippen molar-refractivity contribution in [2.45, 2.75) is 18.9 Å². The third-order valence-electron chi connectivity index (χ3n) is 3.78. The Kier molecular flexibility index (Phi) is 4.36. The average Bonchev–Trinajstić information content (AvgIpc) is 2.93. The Morgan fingerprint density at radius 1 is 1.29 bits per heavy atom. The zero-order valence-corrected chi connectivity index (χ0v) is 12.6. The first kappa shape index (κ1) is 14.3. The van der Waals surface area contributed by atoms with Crippen molar-refractivity contribution in [2.75, 3.05) is 18.5 Å². The summed E-state index contributed by atoms with van der Waals surface area (Å²) in [5.74, 6) is 2.00. The molecule has 1 unspecified atom stereocenters. The highest BCUT2D eigenvalue weighted by atomic mass is 35.5. The Balaban J connectivity index is 1.84. The molecule has 112 valence electrons. The van der Waals surface area contributed by atoms with Gasteiger partial charge in [0.05, 0.1) is 23.5 Å². The van der Waals surface area contributed by atoms with Gasteiger partial charge in [-0.3, -0.25) is 0 Å². The molecule has 2 aromatic rings. The molecule has 3 heterocycles. The van der Waals surface area contributed by atoms with Gasteiger partial charge < -0.3 is 14.6 Å². The number of aromatic nitrogens is 4. The molecule has 0 aromatic carbocycles. The lowest BCUT2D eigenvalue weighted by Crippen LogP contribution is -2.29. The van der Waals surface area contributed by atoms with E-state index < -0.39 is 0 Å². The van der Waals surface area contributed by atoms with Crippen molar-refractivity contribution < 1.29 is 4.74 Å². The van der Waals surface area contributed by atoms with E-state index >= 15 is 0 Å². The van der Waals surface area contributed by atoms with Gasteiger partial charge in [0, 0.05) is 32.7 Å². The fourth-order valence-electron chi connectivity index (χ4n) is 2.65. The van der Waals surface area contributed by atoms with Crippen molar-refractivity contribution in [1.82, 2.24) is 19.5 Å². The van der Waals surface area contributed by atoms with E-state index in [0.717, 1.165) is 31.9 Å². The maximum absolute atomic E-state index is 5.84. The number of nitrogens with zero attached hydrogens (tertiary/aromatic N) is 4. The van der Waals surface area contributed by atoms with Crippen molar-refractivity contribution in [3.8, 4) is 0 Å². The summed E-state index contributed by atoms with van der Waals surface area (Å²) >= 11 is 5.84. The summed E-state index contributed by atoms with van der Waals surface area (Å²) in [5, 5.41) is 3.93. The number of hydrogen-bond acceptors (Lipinski definition) is 5. The van der Waals surface area contributed by atoms with E-state index in [-0.39, 0.29) is 6.04 Å². The van der Waals surface area contributed by atoms with Crippen LogP contribution in [0.1, 0.15) is 24.7 Å². The quantitative estimate of drug-likeness (QED) is 0.940. The van der Waals surface area contributed by atoms with Gasteiger partial charge >= 0.3 is 0 Å². The zero-order chi connectivity index (χ0) is 14.7. The molecule has 0 spiro atoms. The molecule has 0 saturated carbocycles. The van der Waals surface area contributed by atoms with E-state index in [0.29, 0.717) is 16.9 Å². The molecule has 1 saturated heterocycles. The molecule has 3 rings (SSSR count). The molecule has 1 aliphatic heterocycles. The third kappa shape index (κ3) is 3.33. The summed E-state index contributed by atoms with van der Waals surface area (Å²) in [6.07, 6.45) is 8.95. The lowest BCUT2D eigenvalue weighted by Gasteiger charge is -2.30. The highest BCUT2D eigenvalue weighted by Crippen LogP contribution is 2.31. The molecule has 21 heavy (non-hydrogen) atoms. The Bertz CT molecular complexity index is 579. The van der Waals surface area contributed by atoms with Gasteiger partial charge in [-0.25, -0.2) is 15.0 Å². The van der Waals surface area contributed by atoms with E-state index in [4.69, 9.17) is 16.3 Å². The monoisotopic (exact) mass is 307 g/mol. The van der Waals surface area contributed by atoms with Crippen LogP contribution in [0.5, 0.6) is 0 Å². The minimum absolute atomic E-state index is 0.0649. The predicted molar refractivity (Wildman–Crippen MR) is 80.2 cm³/mol. The van der Waals surface area contributed by atoms with E-state index in [2.05, 4.69) is 20.3 Å². The molecule has 6 nitrogen and oxygen atoms in total. The van der Waals surface area contributed by atoms with Crippen LogP contribution in [0.4, 0.5) is 5.95 Å². The van der Waals surface area contributed by atoms with Crippen LogP contribution in [0.25, 0.3) is 0 Å².